The monoisotopic (exact) mass is 511 g/mol. The topological polar surface area (TPSA) is 65.1 Å². The van der Waals surface area contributed by atoms with Gasteiger partial charge in [0.1, 0.15) is 19.0 Å². The second kappa shape index (κ2) is 10.6. The molecule has 2 unspecified atom stereocenters. The Hall–Kier alpha value is -3.64. The van der Waals surface area contributed by atoms with Crippen LogP contribution in [-0.2, 0) is 9.47 Å². The lowest BCUT2D eigenvalue weighted by Crippen LogP contribution is -2.48. The fourth-order valence-electron chi connectivity index (χ4n) is 6.55. The van der Waals surface area contributed by atoms with Crippen molar-refractivity contribution in [1.29, 1.82) is 0 Å². The van der Waals surface area contributed by atoms with Gasteiger partial charge >= 0.3 is 6.09 Å². The van der Waals surface area contributed by atoms with E-state index in [2.05, 4.69) is 36.4 Å². The van der Waals surface area contributed by atoms with Crippen molar-refractivity contribution in [1.82, 2.24) is 4.90 Å². The highest BCUT2D eigenvalue weighted by atomic mass is 16.6. The lowest BCUT2D eigenvalue weighted by molar-refractivity contribution is 0.0506. The minimum absolute atomic E-state index is 0.0459. The number of piperidine rings is 1. The van der Waals surface area contributed by atoms with E-state index in [0.717, 1.165) is 18.6 Å². The molecule has 1 aliphatic carbocycles. The minimum Gasteiger partial charge on any atom is -0.491 e. The van der Waals surface area contributed by atoms with Gasteiger partial charge in [-0.1, -0.05) is 48.5 Å². The van der Waals surface area contributed by atoms with E-state index in [4.69, 9.17) is 14.2 Å². The number of amides is 1. The number of methoxy groups -OCH3 is 1. The standard InChI is InChI=1S/C32H33NO5/c1-36-16-17-37-25-14-10-21(11-15-25)31(34)22-18-23-12-13-24(19-22)33(23)32(35)38-20-30-28-8-4-2-6-26(28)27-7-3-5-9-29(27)30/h2-11,14-15,22-24,30H,12-13,16-20H2,1H3. The lowest BCUT2D eigenvalue weighted by atomic mass is 9.85. The molecule has 3 aromatic carbocycles. The molecule has 2 saturated heterocycles. The van der Waals surface area contributed by atoms with Gasteiger partial charge < -0.3 is 19.1 Å². The van der Waals surface area contributed by atoms with E-state index in [1.807, 2.05) is 41.3 Å². The molecule has 196 valence electrons. The number of benzene rings is 3. The fraction of sp³-hybridized carbons (Fsp3) is 0.375. The predicted octanol–water partition coefficient (Wildman–Crippen LogP) is 6.09. The van der Waals surface area contributed by atoms with Gasteiger partial charge in [0.2, 0.25) is 0 Å². The first kappa shape index (κ1) is 24.7. The Labute approximate surface area is 223 Å². The van der Waals surface area contributed by atoms with E-state index in [1.54, 1.807) is 7.11 Å². The van der Waals surface area contributed by atoms with Crippen molar-refractivity contribution in [3.05, 3.63) is 89.5 Å². The van der Waals surface area contributed by atoms with Gasteiger partial charge in [0.05, 0.1) is 6.61 Å². The van der Waals surface area contributed by atoms with Crippen LogP contribution in [0.2, 0.25) is 0 Å². The molecule has 38 heavy (non-hydrogen) atoms. The molecule has 3 aliphatic rings. The van der Waals surface area contributed by atoms with E-state index < -0.39 is 0 Å². The summed E-state index contributed by atoms with van der Waals surface area (Å²) >= 11 is 0. The third-order valence-electron chi connectivity index (χ3n) is 8.35. The van der Waals surface area contributed by atoms with Crippen LogP contribution in [0.15, 0.2) is 72.8 Å². The van der Waals surface area contributed by atoms with Crippen LogP contribution in [0.25, 0.3) is 11.1 Å². The molecule has 6 rings (SSSR count). The van der Waals surface area contributed by atoms with Crippen LogP contribution in [0.5, 0.6) is 5.75 Å². The first-order valence-electron chi connectivity index (χ1n) is 13.5. The van der Waals surface area contributed by atoms with Gasteiger partial charge in [0.15, 0.2) is 5.78 Å². The SMILES string of the molecule is COCCOc1ccc(C(=O)C2CC3CCC(C2)N3C(=O)OCC2c3ccccc3-c3ccccc32)cc1. The van der Waals surface area contributed by atoms with E-state index in [9.17, 15) is 9.59 Å². The summed E-state index contributed by atoms with van der Waals surface area (Å²) in [5, 5.41) is 0. The van der Waals surface area contributed by atoms with Gasteiger partial charge in [-0.15, -0.1) is 0 Å². The number of hydrogen-bond donors (Lipinski definition) is 0. The zero-order valence-corrected chi connectivity index (χ0v) is 21.7. The first-order chi connectivity index (χ1) is 18.6. The van der Waals surface area contributed by atoms with E-state index in [-0.39, 0.29) is 35.8 Å². The predicted molar refractivity (Wildman–Crippen MR) is 145 cm³/mol. The molecule has 0 N–H and O–H groups in total. The van der Waals surface area contributed by atoms with Crippen LogP contribution in [0.1, 0.15) is 53.1 Å². The van der Waals surface area contributed by atoms with Gasteiger partial charge in [-0.2, -0.15) is 0 Å². The molecule has 0 radical (unpaired) electrons. The van der Waals surface area contributed by atoms with Crippen molar-refractivity contribution in [2.75, 3.05) is 26.9 Å². The number of hydrogen-bond acceptors (Lipinski definition) is 5. The van der Waals surface area contributed by atoms with Gasteiger partial charge in [-0.05, 0) is 72.2 Å². The molecule has 2 atom stereocenters. The molecule has 2 aliphatic heterocycles. The molecular weight excluding hydrogens is 478 g/mol. The molecule has 6 heteroatoms. The van der Waals surface area contributed by atoms with Crippen molar-refractivity contribution in [2.24, 2.45) is 5.92 Å². The van der Waals surface area contributed by atoms with Gasteiger partial charge in [-0.25, -0.2) is 4.79 Å². The second-order valence-electron chi connectivity index (χ2n) is 10.5. The number of rotatable bonds is 8. The van der Waals surface area contributed by atoms with Crippen LogP contribution in [-0.4, -0.2) is 55.8 Å². The third-order valence-corrected chi connectivity index (χ3v) is 8.35. The van der Waals surface area contributed by atoms with Crippen LogP contribution in [0, 0.1) is 5.92 Å². The maximum Gasteiger partial charge on any atom is 0.410 e. The molecule has 2 fully saturated rings. The zero-order valence-electron chi connectivity index (χ0n) is 21.7. The number of ketones is 1. The Balaban J connectivity index is 1.08. The molecule has 2 heterocycles. The number of carbonyl (C=O) groups is 2. The molecule has 2 bridgehead atoms. The number of nitrogens with zero attached hydrogens (tertiary/aromatic N) is 1. The zero-order chi connectivity index (χ0) is 26.1. The highest BCUT2D eigenvalue weighted by molar-refractivity contribution is 5.98. The van der Waals surface area contributed by atoms with Crippen molar-refractivity contribution < 1.29 is 23.8 Å². The Morgan fingerprint density at radius 3 is 2.03 bits per heavy atom. The van der Waals surface area contributed by atoms with E-state index >= 15 is 0 Å². The summed E-state index contributed by atoms with van der Waals surface area (Å²) in [5.41, 5.74) is 5.56. The summed E-state index contributed by atoms with van der Waals surface area (Å²) < 4.78 is 16.6. The Bertz CT molecular complexity index is 1260. The van der Waals surface area contributed by atoms with Crippen molar-refractivity contribution in [2.45, 2.75) is 43.7 Å². The maximum absolute atomic E-state index is 13.3. The minimum atomic E-state index is -0.247. The number of carbonyl (C=O) groups excluding carboxylic acids is 2. The molecule has 0 aromatic heterocycles. The van der Waals surface area contributed by atoms with Crippen molar-refractivity contribution in [3.63, 3.8) is 0 Å². The quantitative estimate of drug-likeness (QED) is 0.271. The highest BCUT2D eigenvalue weighted by Crippen LogP contribution is 2.45. The lowest BCUT2D eigenvalue weighted by Gasteiger charge is -2.37. The first-order valence-corrected chi connectivity index (χ1v) is 13.5. The van der Waals surface area contributed by atoms with Crippen molar-refractivity contribution >= 4 is 11.9 Å². The average molecular weight is 512 g/mol. The number of ether oxygens (including phenoxy) is 3. The second-order valence-corrected chi connectivity index (χ2v) is 10.5. The average Bonchev–Trinajstić information content (AvgIpc) is 3.42. The summed E-state index contributed by atoms with van der Waals surface area (Å²) in [6.07, 6.45) is 2.97. The molecule has 3 aromatic rings. The fourth-order valence-corrected chi connectivity index (χ4v) is 6.55. The normalized spacial score (nSPS) is 21.6. The molecule has 6 nitrogen and oxygen atoms in total. The van der Waals surface area contributed by atoms with E-state index in [0.29, 0.717) is 38.2 Å². The highest BCUT2D eigenvalue weighted by Gasteiger charge is 2.46. The Morgan fingerprint density at radius 2 is 1.42 bits per heavy atom. The molecule has 1 amide bonds. The Kier molecular flexibility index (Phi) is 6.90. The number of Topliss-reactive ketones (excluding diaryl/α,β-unsaturated/α-hetero) is 1. The summed E-state index contributed by atoms with van der Waals surface area (Å²) in [5.74, 6) is 0.844. The molecule has 0 saturated carbocycles. The summed E-state index contributed by atoms with van der Waals surface area (Å²) in [7, 11) is 1.64. The third kappa shape index (κ3) is 4.58. The Morgan fingerprint density at radius 1 is 0.816 bits per heavy atom. The van der Waals surface area contributed by atoms with Gasteiger partial charge in [0.25, 0.3) is 0 Å². The number of fused-ring (bicyclic) bond motifs is 5. The van der Waals surface area contributed by atoms with Gasteiger partial charge in [-0.3, -0.25) is 4.79 Å². The van der Waals surface area contributed by atoms with Crippen LogP contribution in [0.4, 0.5) is 4.79 Å². The van der Waals surface area contributed by atoms with Crippen molar-refractivity contribution in [3.8, 4) is 16.9 Å². The maximum atomic E-state index is 13.3. The summed E-state index contributed by atoms with van der Waals surface area (Å²) in [4.78, 5) is 28.6. The van der Waals surface area contributed by atoms with Crippen LogP contribution in [0.3, 0.4) is 0 Å². The largest absolute Gasteiger partial charge is 0.491 e. The van der Waals surface area contributed by atoms with Crippen LogP contribution < -0.4 is 4.74 Å². The molecular formula is C32H33NO5. The van der Waals surface area contributed by atoms with Gasteiger partial charge in [0, 0.05) is 36.6 Å². The van der Waals surface area contributed by atoms with Crippen LogP contribution >= 0.6 is 0 Å². The van der Waals surface area contributed by atoms with E-state index in [1.165, 1.54) is 22.3 Å². The smallest absolute Gasteiger partial charge is 0.410 e. The summed E-state index contributed by atoms with van der Waals surface area (Å²) in [6.45, 7) is 1.32. The molecule has 0 spiro atoms. The summed E-state index contributed by atoms with van der Waals surface area (Å²) in [6, 6.07) is 24.2.